The van der Waals surface area contributed by atoms with Gasteiger partial charge in [0.25, 0.3) is 0 Å². The second-order valence-electron chi connectivity index (χ2n) is 4.38. The fraction of sp³-hybridized carbons (Fsp3) is 0.143. The van der Waals surface area contributed by atoms with Gasteiger partial charge in [-0.3, -0.25) is 0 Å². The van der Waals surface area contributed by atoms with Gasteiger partial charge in [0.05, 0.1) is 22.9 Å². The highest BCUT2D eigenvalue weighted by Gasteiger charge is 2.13. The zero-order chi connectivity index (χ0) is 13.9. The van der Waals surface area contributed by atoms with Gasteiger partial charge < -0.3 is 10.4 Å². The third kappa shape index (κ3) is 2.52. The van der Waals surface area contributed by atoms with Crippen LogP contribution in [0.2, 0.25) is 0 Å². The van der Waals surface area contributed by atoms with Crippen LogP contribution in [0, 0.1) is 0 Å². The van der Waals surface area contributed by atoms with E-state index in [1.165, 1.54) is 17.7 Å². The minimum atomic E-state index is -0.211. The predicted molar refractivity (Wildman–Crippen MR) is 82.7 cm³/mol. The standard InChI is InChI=1S/C14H12BN3OS/c15-12-6-10-13(20-12)14(17-8-16-10)18-11(7-19)9-4-2-1-3-5-9/h1-6,8,11,19H,7H2,(H,16,17,18)/t11-/m1/s1. The lowest BCUT2D eigenvalue weighted by atomic mass is 10.1. The average molecular weight is 281 g/mol. The topological polar surface area (TPSA) is 58.0 Å². The molecule has 0 aliphatic heterocycles. The lowest BCUT2D eigenvalue weighted by Gasteiger charge is -2.17. The van der Waals surface area contributed by atoms with E-state index >= 15 is 0 Å². The third-order valence-electron chi connectivity index (χ3n) is 3.03. The largest absolute Gasteiger partial charge is 0.394 e. The van der Waals surface area contributed by atoms with E-state index in [-0.39, 0.29) is 12.6 Å². The number of rotatable bonds is 4. The van der Waals surface area contributed by atoms with Crippen LogP contribution in [0.4, 0.5) is 5.82 Å². The first kappa shape index (κ1) is 13.1. The normalized spacial score (nSPS) is 12.4. The number of benzene rings is 1. The van der Waals surface area contributed by atoms with Crippen LogP contribution >= 0.6 is 11.3 Å². The Morgan fingerprint density at radius 2 is 2.05 bits per heavy atom. The molecule has 0 saturated carbocycles. The summed E-state index contributed by atoms with van der Waals surface area (Å²) in [5.74, 6) is 0.694. The average Bonchev–Trinajstić information content (AvgIpc) is 2.86. The van der Waals surface area contributed by atoms with E-state index in [0.29, 0.717) is 10.6 Å². The maximum Gasteiger partial charge on any atom is 0.147 e. The number of hydrogen-bond donors (Lipinski definition) is 2. The zero-order valence-corrected chi connectivity index (χ0v) is 11.5. The molecule has 2 aromatic heterocycles. The Morgan fingerprint density at radius 3 is 2.80 bits per heavy atom. The highest BCUT2D eigenvalue weighted by Crippen LogP contribution is 2.26. The second-order valence-corrected chi connectivity index (χ2v) is 5.46. The van der Waals surface area contributed by atoms with Crippen LogP contribution in [-0.2, 0) is 0 Å². The maximum absolute atomic E-state index is 9.59. The van der Waals surface area contributed by atoms with Gasteiger partial charge in [0, 0.05) is 0 Å². The fourth-order valence-electron chi connectivity index (χ4n) is 2.06. The van der Waals surface area contributed by atoms with Gasteiger partial charge in [-0.1, -0.05) is 30.3 Å². The molecule has 2 radical (unpaired) electrons. The Balaban J connectivity index is 1.95. The van der Waals surface area contributed by atoms with Crippen molar-refractivity contribution in [2.24, 2.45) is 0 Å². The van der Waals surface area contributed by atoms with E-state index in [1.807, 2.05) is 36.4 Å². The molecule has 3 aromatic rings. The lowest BCUT2D eigenvalue weighted by molar-refractivity contribution is 0.276. The van der Waals surface area contributed by atoms with Crippen molar-refractivity contribution >= 4 is 40.0 Å². The number of nitrogens with zero attached hydrogens (tertiary/aromatic N) is 2. The quantitative estimate of drug-likeness (QED) is 0.714. The highest BCUT2D eigenvalue weighted by molar-refractivity contribution is 7.26. The van der Waals surface area contributed by atoms with E-state index in [1.54, 1.807) is 0 Å². The van der Waals surface area contributed by atoms with Crippen molar-refractivity contribution in [3.8, 4) is 0 Å². The molecule has 1 atom stereocenters. The fourth-order valence-corrected chi connectivity index (χ4v) is 2.89. The number of aliphatic hydroxyl groups is 1. The molecule has 0 unspecified atom stereocenters. The van der Waals surface area contributed by atoms with Gasteiger partial charge in [-0.25, -0.2) is 9.97 Å². The molecule has 0 saturated heterocycles. The summed E-state index contributed by atoms with van der Waals surface area (Å²) >= 11 is 1.44. The van der Waals surface area contributed by atoms with Gasteiger partial charge in [0.1, 0.15) is 20.0 Å². The minimum absolute atomic E-state index is 0.0175. The van der Waals surface area contributed by atoms with Crippen molar-refractivity contribution in [1.82, 2.24) is 9.97 Å². The maximum atomic E-state index is 9.59. The van der Waals surface area contributed by atoms with Crippen molar-refractivity contribution < 1.29 is 5.11 Å². The van der Waals surface area contributed by atoms with Crippen LogP contribution in [-0.4, -0.2) is 29.5 Å². The van der Waals surface area contributed by atoms with Gasteiger partial charge in [-0.2, -0.15) is 0 Å². The summed E-state index contributed by atoms with van der Waals surface area (Å²) in [7, 11) is 5.81. The summed E-state index contributed by atoms with van der Waals surface area (Å²) in [5.41, 5.74) is 1.82. The van der Waals surface area contributed by atoms with E-state index in [4.69, 9.17) is 7.85 Å². The molecule has 4 nitrogen and oxygen atoms in total. The van der Waals surface area contributed by atoms with Gasteiger partial charge in [-0.15, -0.1) is 11.3 Å². The molecule has 3 rings (SSSR count). The minimum Gasteiger partial charge on any atom is -0.394 e. The summed E-state index contributed by atoms with van der Waals surface area (Å²) in [6.45, 7) is -0.0175. The SMILES string of the molecule is [B]c1cc2ncnc(N[C@H](CO)c3ccccc3)c2s1. The summed E-state index contributed by atoms with van der Waals surface area (Å²) < 4.78 is 1.60. The number of anilines is 1. The molecule has 2 heterocycles. The molecule has 0 amide bonds. The van der Waals surface area contributed by atoms with E-state index in [0.717, 1.165) is 15.8 Å². The molecule has 0 bridgehead atoms. The molecule has 0 fully saturated rings. The van der Waals surface area contributed by atoms with Gasteiger partial charge >= 0.3 is 0 Å². The van der Waals surface area contributed by atoms with Crippen LogP contribution in [0.5, 0.6) is 0 Å². The highest BCUT2D eigenvalue weighted by atomic mass is 32.1. The number of hydrogen-bond acceptors (Lipinski definition) is 5. The zero-order valence-electron chi connectivity index (χ0n) is 10.7. The lowest BCUT2D eigenvalue weighted by Crippen LogP contribution is -2.15. The molecular weight excluding hydrogens is 269 g/mol. The third-order valence-corrected chi connectivity index (χ3v) is 3.99. The van der Waals surface area contributed by atoms with Crippen molar-refractivity contribution in [3.63, 3.8) is 0 Å². The van der Waals surface area contributed by atoms with E-state index < -0.39 is 0 Å². The Hall–Kier alpha value is -1.92. The number of nitrogens with one attached hydrogen (secondary N) is 1. The number of fused-ring (bicyclic) bond motifs is 1. The summed E-state index contributed by atoms with van der Waals surface area (Å²) in [4.78, 5) is 8.44. The van der Waals surface area contributed by atoms with Crippen molar-refractivity contribution in [3.05, 3.63) is 48.3 Å². The Labute approximate surface area is 121 Å². The first-order valence-electron chi connectivity index (χ1n) is 6.20. The number of thiophene rings is 1. The van der Waals surface area contributed by atoms with Crippen LogP contribution in [0.15, 0.2) is 42.7 Å². The van der Waals surface area contributed by atoms with Crippen molar-refractivity contribution in [2.75, 3.05) is 11.9 Å². The Morgan fingerprint density at radius 1 is 1.25 bits per heavy atom. The predicted octanol–water partition coefficient (Wildman–Crippen LogP) is 1.63. The summed E-state index contributed by atoms with van der Waals surface area (Å²) in [5, 5.41) is 12.8. The Bertz CT molecular complexity index is 717. The van der Waals surface area contributed by atoms with Crippen LogP contribution in [0.3, 0.4) is 0 Å². The van der Waals surface area contributed by atoms with Crippen molar-refractivity contribution in [2.45, 2.75) is 6.04 Å². The summed E-state index contributed by atoms with van der Waals surface area (Å²) in [6, 6.07) is 11.4. The van der Waals surface area contributed by atoms with Gasteiger partial charge in [0.15, 0.2) is 0 Å². The first-order chi connectivity index (χ1) is 9.78. The van der Waals surface area contributed by atoms with Crippen LogP contribution in [0.1, 0.15) is 11.6 Å². The van der Waals surface area contributed by atoms with Crippen LogP contribution < -0.4 is 10.1 Å². The van der Waals surface area contributed by atoms with Crippen molar-refractivity contribution in [1.29, 1.82) is 0 Å². The number of aliphatic hydroxyl groups excluding tert-OH is 1. The summed E-state index contributed by atoms with van der Waals surface area (Å²) in [6.07, 6.45) is 1.50. The van der Waals surface area contributed by atoms with E-state index in [2.05, 4.69) is 15.3 Å². The Kier molecular flexibility index (Phi) is 3.67. The van der Waals surface area contributed by atoms with Crippen LogP contribution in [0.25, 0.3) is 10.2 Å². The molecule has 0 spiro atoms. The molecule has 1 aromatic carbocycles. The van der Waals surface area contributed by atoms with Gasteiger partial charge in [0.2, 0.25) is 0 Å². The number of aromatic nitrogens is 2. The molecule has 6 heteroatoms. The van der Waals surface area contributed by atoms with E-state index in [9.17, 15) is 5.11 Å². The molecule has 98 valence electrons. The first-order valence-corrected chi connectivity index (χ1v) is 7.02. The monoisotopic (exact) mass is 281 g/mol. The molecule has 0 aliphatic rings. The second kappa shape index (κ2) is 5.60. The molecule has 0 aliphatic carbocycles. The molecule has 2 N–H and O–H groups in total. The molecular formula is C14H12BN3OS. The molecule has 20 heavy (non-hydrogen) atoms. The van der Waals surface area contributed by atoms with Gasteiger partial charge in [-0.05, 0) is 16.4 Å². The smallest absolute Gasteiger partial charge is 0.147 e.